The van der Waals surface area contributed by atoms with Crippen LogP contribution in [0.3, 0.4) is 0 Å². The zero-order valence-electron chi connectivity index (χ0n) is 20.4. The van der Waals surface area contributed by atoms with E-state index in [0.29, 0.717) is 0 Å². The van der Waals surface area contributed by atoms with E-state index in [1.807, 2.05) is 13.8 Å². The minimum atomic E-state index is -4.03. The van der Waals surface area contributed by atoms with E-state index in [2.05, 4.69) is 0 Å². The number of ether oxygens (including phenoxy) is 1. The van der Waals surface area contributed by atoms with Crippen molar-refractivity contribution in [1.29, 1.82) is 0 Å². The molecule has 1 fully saturated rings. The molecule has 0 N–H and O–H groups in total. The Morgan fingerprint density at radius 1 is 0.800 bits per heavy atom. The number of carbonyl (C=O) groups excluding carboxylic acids is 1. The van der Waals surface area contributed by atoms with Gasteiger partial charge in [-0.05, 0) is 65.3 Å². The van der Waals surface area contributed by atoms with E-state index in [1.165, 1.54) is 29.2 Å². The van der Waals surface area contributed by atoms with Crippen LogP contribution in [0.2, 0.25) is 0 Å². The molecule has 0 radical (unpaired) electrons. The van der Waals surface area contributed by atoms with Crippen LogP contribution in [-0.2, 0) is 33.3 Å². The Morgan fingerprint density at radius 3 is 1.51 bits per heavy atom. The highest BCUT2D eigenvalue weighted by molar-refractivity contribution is 7.87. The summed E-state index contributed by atoms with van der Waals surface area (Å²) in [5, 5.41) is 0. The Labute approximate surface area is 207 Å². The Bertz CT molecular complexity index is 1160. The minimum Gasteiger partial charge on any atom is -0.444 e. The summed E-state index contributed by atoms with van der Waals surface area (Å²) in [5.41, 5.74) is 1.01. The largest absolute Gasteiger partial charge is 0.444 e. The molecule has 0 aliphatic carbocycles. The van der Waals surface area contributed by atoms with Crippen molar-refractivity contribution in [3.63, 3.8) is 0 Å². The standard InChI is InChI=1S/C24H31NO8S2/c1-17-6-10-21(11-7-17)34(27,28)31-15-19-14-20(25(19)23(26)33-24(3,4)5)16-32-35(29,30)22-12-8-18(2)9-13-22/h6-13,19-20H,14-16H2,1-5H3. The van der Waals surface area contributed by atoms with Crippen LogP contribution in [0.1, 0.15) is 38.3 Å². The lowest BCUT2D eigenvalue weighted by Gasteiger charge is -2.47. The van der Waals surface area contributed by atoms with Crippen LogP contribution >= 0.6 is 0 Å². The number of amides is 1. The van der Waals surface area contributed by atoms with Crippen molar-refractivity contribution in [2.75, 3.05) is 13.2 Å². The van der Waals surface area contributed by atoms with Crippen molar-refractivity contribution < 1.29 is 34.7 Å². The summed E-state index contributed by atoms with van der Waals surface area (Å²) >= 11 is 0. The Morgan fingerprint density at radius 2 is 1.17 bits per heavy atom. The fraction of sp³-hybridized carbons (Fsp3) is 0.458. The van der Waals surface area contributed by atoms with E-state index >= 15 is 0 Å². The predicted octanol–water partition coefficient (Wildman–Crippen LogP) is 3.79. The van der Waals surface area contributed by atoms with Crippen LogP contribution in [0, 0.1) is 13.8 Å². The lowest BCUT2D eigenvalue weighted by molar-refractivity contribution is -0.0519. The number of rotatable bonds is 8. The van der Waals surface area contributed by atoms with E-state index in [1.54, 1.807) is 45.0 Å². The first-order valence-electron chi connectivity index (χ1n) is 11.1. The molecular weight excluding hydrogens is 494 g/mol. The summed E-state index contributed by atoms with van der Waals surface area (Å²) in [6.07, 6.45) is -0.419. The predicted molar refractivity (Wildman–Crippen MR) is 129 cm³/mol. The maximum Gasteiger partial charge on any atom is 0.410 e. The summed E-state index contributed by atoms with van der Waals surface area (Å²) in [7, 11) is -8.06. The van der Waals surface area contributed by atoms with Gasteiger partial charge in [-0.15, -0.1) is 0 Å². The first-order valence-corrected chi connectivity index (χ1v) is 13.9. The van der Waals surface area contributed by atoms with Crippen molar-refractivity contribution in [3.8, 4) is 0 Å². The molecule has 2 aromatic rings. The summed E-state index contributed by atoms with van der Waals surface area (Å²) in [6, 6.07) is 11.2. The van der Waals surface area contributed by atoms with E-state index in [9.17, 15) is 21.6 Å². The van der Waals surface area contributed by atoms with E-state index in [0.717, 1.165) is 11.1 Å². The molecule has 1 saturated heterocycles. The number of nitrogens with zero attached hydrogens (tertiary/aromatic N) is 1. The van der Waals surface area contributed by atoms with Gasteiger partial charge in [-0.2, -0.15) is 16.8 Å². The maximum atomic E-state index is 12.8. The van der Waals surface area contributed by atoms with Gasteiger partial charge in [0.15, 0.2) is 0 Å². The molecule has 2 unspecified atom stereocenters. The van der Waals surface area contributed by atoms with Gasteiger partial charge in [-0.1, -0.05) is 35.4 Å². The summed E-state index contributed by atoms with van der Waals surface area (Å²) < 4.78 is 66.1. The van der Waals surface area contributed by atoms with Crippen LogP contribution in [0.25, 0.3) is 0 Å². The van der Waals surface area contributed by atoms with Gasteiger partial charge >= 0.3 is 6.09 Å². The molecule has 1 aliphatic heterocycles. The van der Waals surface area contributed by atoms with Crippen LogP contribution in [0.5, 0.6) is 0 Å². The van der Waals surface area contributed by atoms with Gasteiger partial charge in [0, 0.05) is 0 Å². The van der Waals surface area contributed by atoms with E-state index in [-0.39, 0.29) is 29.4 Å². The molecule has 35 heavy (non-hydrogen) atoms. The molecule has 9 nitrogen and oxygen atoms in total. The second kappa shape index (κ2) is 10.3. The summed E-state index contributed by atoms with van der Waals surface area (Å²) in [6.45, 7) is 8.19. The van der Waals surface area contributed by atoms with Crippen molar-refractivity contribution >= 4 is 26.3 Å². The molecule has 192 valence electrons. The fourth-order valence-electron chi connectivity index (χ4n) is 3.49. The van der Waals surface area contributed by atoms with E-state index < -0.39 is 44.0 Å². The zero-order valence-corrected chi connectivity index (χ0v) is 22.1. The molecule has 1 amide bonds. The van der Waals surface area contributed by atoms with Crippen LogP contribution in [-0.4, -0.2) is 58.7 Å². The van der Waals surface area contributed by atoms with Crippen molar-refractivity contribution in [2.45, 2.75) is 68.5 Å². The molecule has 2 atom stereocenters. The average molecular weight is 526 g/mol. The Balaban J connectivity index is 1.69. The zero-order chi connectivity index (χ0) is 26.0. The Hall–Kier alpha value is -2.47. The Kier molecular flexibility index (Phi) is 7.95. The second-order valence-corrected chi connectivity index (χ2v) is 12.8. The van der Waals surface area contributed by atoms with Crippen LogP contribution in [0.15, 0.2) is 58.3 Å². The number of benzene rings is 2. The van der Waals surface area contributed by atoms with Gasteiger partial charge in [0.1, 0.15) is 5.60 Å². The number of hydrogen-bond acceptors (Lipinski definition) is 8. The van der Waals surface area contributed by atoms with Gasteiger partial charge in [0.25, 0.3) is 20.2 Å². The van der Waals surface area contributed by atoms with Crippen LogP contribution in [0.4, 0.5) is 4.79 Å². The van der Waals surface area contributed by atoms with Gasteiger partial charge in [-0.3, -0.25) is 13.3 Å². The maximum absolute atomic E-state index is 12.8. The van der Waals surface area contributed by atoms with Crippen molar-refractivity contribution in [1.82, 2.24) is 4.90 Å². The lowest BCUT2D eigenvalue weighted by Crippen LogP contribution is -2.63. The molecule has 0 spiro atoms. The first-order chi connectivity index (χ1) is 16.2. The lowest BCUT2D eigenvalue weighted by atomic mass is 9.95. The van der Waals surface area contributed by atoms with Crippen molar-refractivity contribution in [3.05, 3.63) is 59.7 Å². The highest BCUT2D eigenvalue weighted by atomic mass is 32.2. The number of likely N-dealkylation sites (tertiary alicyclic amines) is 1. The smallest absolute Gasteiger partial charge is 0.410 e. The molecule has 3 rings (SSSR count). The monoisotopic (exact) mass is 525 g/mol. The molecular formula is C24H31NO8S2. The third-order valence-corrected chi connectivity index (χ3v) is 7.98. The molecule has 1 aliphatic rings. The molecule has 0 bridgehead atoms. The highest BCUT2D eigenvalue weighted by Crippen LogP contribution is 2.30. The molecule has 11 heteroatoms. The highest BCUT2D eigenvalue weighted by Gasteiger charge is 2.45. The first kappa shape index (κ1) is 27.1. The molecule has 0 aromatic heterocycles. The number of hydrogen-bond donors (Lipinski definition) is 0. The fourth-order valence-corrected chi connectivity index (χ4v) is 5.38. The van der Waals surface area contributed by atoms with Gasteiger partial charge < -0.3 is 4.74 Å². The average Bonchev–Trinajstić information content (AvgIpc) is 2.71. The third kappa shape index (κ3) is 7.03. The number of aryl methyl sites for hydroxylation is 2. The van der Waals surface area contributed by atoms with Gasteiger partial charge in [0.05, 0.1) is 35.1 Å². The summed E-state index contributed by atoms with van der Waals surface area (Å²) in [5.74, 6) is 0. The van der Waals surface area contributed by atoms with Crippen LogP contribution < -0.4 is 0 Å². The van der Waals surface area contributed by atoms with Gasteiger partial charge in [-0.25, -0.2) is 4.79 Å². The second-order valence-electron chi connectivity index (χ2n) is 9.53. The topological polar surface area (TPSA) is 116 Å². The summed E-state index contributed by atoms with van der Waals surface area (Å²) in [4.78, 5) is 14.1. The molecule has 1 heterocycles. The van der Waals surface area contributed by atoms with Gasteiger partial charge in [0.2, 0.25) is 0 Å². The molecule has 2 aromatic carbocycles. The number of carbonyl (C=O) groups is 1. The normalized spacial score (nSPS) is 18.7. The van der Waals surface area contributed by atoms with E-state index in [4.69, 9.17) is 13.1 Å². The minimum absolute atomic E-state index is 0.00955. The SMILES string of the molecule is Cc1ccc(S(=O)(=O)OCC2CC(COS(=O)(=O)c3ccc(C)cc3)N2C(=O)OC(C)(C)C)cc1. The molecule has 0 saturated carbocycles. The quantitative estimate of drug-likeness (QED) is 0.478. The third-order valence-electron chi connectivity index (χ3n) is 5.39. The van der Waals surface area contributed by atoms with Crippen molar-refractivity contribution in [2.24, 2.45) is 0 Å².